The van der Waals surface area contributed by atoms with Crippen molar-refractivity contribution in [2.45, 2.75) is 39.0 Å². The van der Waals surface area contributed by atoms with Gasteiger partial charge in [-0.2, -0.15) is 5.26 Å². The van der Waals surface area contributed by atoms with Gasteiger partial charge in [-0.25, -0.2) is 0 Å². The van der Waals surface area contributed by atoms with E-state index in [-0.39, 0.29) is 5.92 Å². The zero-order valence-electron chi connectivity index (χ0n) is 11.6. The number of nitrogens with zero attached hydrogens (tertiary/aromatic N) is 2. The lowest BCUT2D eigenvalue weighted by Gasteiger charge is -2.18. The van der Waals surface area contributed by atoms with Crippen LogP contribution < -0.4 is 0 Å². The van der Waals surface area contributed by atoms with Crippen LogP contribution in [0.15, 0.2) is 30.3 Å². The Morgan fingerprint density at radius 3 is 2.33 bits per heavy atom. The van der Waals surface area contributed by atoms with E-state index in [0.29, 0.717) is 0 Å². The summed E-state index contributed by atoms with van der Waals surface area (Å²) < 4.78 is 0. The minimum atomic E-state index is 0.0582. The van der Waals surface area contributed by atoms with Crippen LogP contribution in [-0.4, -0.2) is 24.5 Å². The molecule has 0 aromatic heterocycles. The molecule has 0 aliphatic carbocycles. The summed E-state index contributed by atoms with van der Waals surface area (Å²) in [5.74, 6) is 0.0582. The quantitative estimate of drug-likeness (QED) is 0.650. The molecule has 0 aliphatic rings. The molecule has 98 valence electrons. The summed E-state index contributed by atoms with van der Waals surface area (Å²) in [7, 11) is 0. The van der Waals surface area contributed by atoms with Crippen molar-refractivity contribution in [1.29, 1.82) is 5.26 Å². The van der Waals surface area contributed by atoms with E-state index in [1.54, 1.807) is 0 Å². The van der Waals surface area contributed by atoms with Gasteiger partial charge >= 0.3 is 0 Å². The van der Waals surface area contributed by atoms with Gasteiger partial charge in [-0.1, -0.05) is 50.6 Å². The second kappa shape index (κ2) is 8.72. The molecule has 1 aromatic rings. The number of unbranched alkanes of at least 4 members (excludes halogenated alkanes) is 1. The molecule has 0 heterocycles. The van der Waals surface area contributed by atoms with Gasteiger partial charge in [-0.05, 0) is 38.0 Å². The second-order valence-corrected chi connectivity index (χ2v) is 4.62. The fraction of sp³-hybridized carbons (Fsp3) is 0.562. The minimum Gasteiger partial charge on any atom is -0.304 e. The maximum absolute atomic E-state index is 9.22. The number of benzene rings is 1. The summed E-state index contributed by atoms with van der Waals surface area (Å²) in [5, 5.41) is 9.22. The highest BCUT2D eigenvalue weighted by molar-refractivity contribution is 5.24. The molecule has 0 fully saturated rings. The monoisotopic (exact) mass is 244 g/mol. The molecular weight excluding hydrogens is 220 g/mol. The third kappa shape index (κ3) is 4.89. The van der Waals surface area contributed by atoms with Gasteiger partial charge in [0.15, 0.2) is 0 Å². The molecule has 0 saturated carbocycles. The summed E-state index contributed by atoms with van der Waals surface area (Å²) in [6.45, 7) is 7.80. The van der Waals surface area contributed by atoms with Crippen molar-refractivity contribution < 1.29 is 0 Å². The lowest BCUT2D eigenvalue weighted by molar-refractivity contribution is 0.295. The summed E-state index contributed by atoms with van der Waals surface area (Å²) in [6.07, 6.45) is 3.29. The van der Waals surface area contributed by atoms with Crippen LogP contribution in [0, 0.1) is 11.3 Å². The molecule has 1 atom stereocenters. The van der Waals surface area contributed by atoms with E-state index in [2.05, 4.69) is 36.9 Å². The Hall–Kier alpha value is -1.33. The summed E-state index contributed by atoms with van der Waals surface area (Å²) in [4.78, 5) is 2.43. The van der Waals surface area contributed by atoms with Crippen molar-refractivity contribution in [3.8, 4) is 6.07 Å². The molecule has 0 saturated heterocycles. The molecule has 0 amide bonds. The van der Waals surface area contributed by atoms with Crippen molar-refractivity contribution in [2.75, 3.05) is 19.6 Å². The van der Waals surface area contributed by atoms with E-state index < -0.39 is 0 Å². The number of hydrogen-bond donors (Lipinski definition) is 0. The summed E-state index contributed by atoms with van der Waals surface area (Å²) in [6, 6.07) is 12.5. The number of rotatable bonds is 8. The second-order valence-electron chi connectivity index (χ2n) is 4.62. The lowest BCUT2D eigenvalue weighted by Crippen LogP contribution is -2.23. The van der Waals surface area contributed by atoms with Crippen LogP contribution in [0.1, 0.15) is 44.6 Å². The Morgan fingerprint density at radius 1 is 1.11 bits per heavy atom. The van der Waals surface area contributed by atoms with E-state index in [4.69, 9.17) is 0 Å². The molecular formula is C16H24N2. The Bertz CT molecular complexity index is 349. The molecule has 0 aliphatic heterocycles. The van der Waals surface area contributed by atoms with E-state index >= 15 is 0 Å². The van der Waals surface area contributed by atoms with Crippen molar-refractivity contribution in [3.63, 3.8) is 0 Å². The minimum absolute atomic E-state index is 0.0582. The van der Waals surface area contributed by atoms with Gasteiger partial charge in [0.2, 0.25) is 0 Å². The van der Waals surface area contributed by atoms with Crippen molar-refractivity contribution in [3.05, 3.63) is 35.9 Å². The molecule has 18 heavy (non-hydrogen) atoms. The zero-order chi connectivity index (χ0) is 13.2. The van der Waals surface area contributed by atoms with Gasteiger partial charge in [0, 0.05) is 0 Å². The topological polar surface area (TPSA) is 27.0 Å². The number of hydrogen-bond acceptors (Lipinski definition) is 2. The Morgan fingerprint density at radius 2 is 1.78 bits per heavy atom. The average molecular weight is 244 g/mol. The van der Waals surface area contributed by atoms with Crippen LogP contribution in [0.3, 0.4) is 0 Å². The highest BCUT2D eigenvalue weighted by atomic mass is 15.1. The molecule has 1 rings (SSSR count). The maximum Gasteiger partial charge on any atom is 0.0712 e. The Kier molecular flexibility index (Phi) is 7.13. The van der Waals surface area contributed by atoms with Crippen molar-refractivity contribution >= 4 is 0 Å². The molecule has 0 radical (unpaired) electrons. The Balaban J connectivity index is 2.31. The van der Waals surface area contributed by atoms with Crippen LogP contribution in [0.4, 0.5) is 0 Å². The molecule has 1 aromatic carbocycles. The van der Waals surface area contributed by atoms with Gasteiger partial charge in [0.25, 0.3) is 0 Å². The summed E-state index contributed by atoms with van der Waals surface area (Å²) in [5.41, 5.74) is 1.16. The van der Waals surface area contributed by atoms with Gasteiger partial charge in [-0.3, -0.25) is 0 Å². The van der Waals surface area contributed by atoms with Gasteiger partial charge in [0.1, 0.15) is 0 Å². The largest absolute Gasteiger partial charge is 0.304 e. The smallest absolute Gasteiger partial charge is 0.0712 e. The molecule has 0 N–H and O–H groups in total. The fourth-order valence-corrected chi connectivity index (χ4v) is 2.21. The first-order valence-electron chi connectivity index (χ1n) is 6.98. The van der Waals surface area contributed by atoms with Crippen molar-refractivity contribution in [1.82, 2.24) is 4.90 Å². The van der Waals surface area contributed by atoms with Crippen molar-refractivity contribution in [2.24, 2.45) is 0 Å². The molecule has 0 unspecified atom stereocenters. The fourth-order valence-electron chi connectivity index (χ4n) is 2.21. The maximum atomic E-state index is 9.22. The van der Waals surface area contributed by atoms with Crippen LogP contribution in [0.25, 0.3) is 0 Å². The number of nitriles is 1. The first-order valence-corrected chi connectivity index (χ1v) is 6.98. The predicted molar refractivity (Wildman–Crippen MR) is 76.4 cm³/mol. The SMILES string of the molecule is CCN(CC)CCCC[C@H](C#N)c1ccccc1. The first-order chi connectivity index (χ1) is 8.81. The van der Waals surface area contributed by atoms with Crippen LogP contribution >= 0.6 is 0 Å². The van der Waals surface area contributed by atoms with Gasteiger partial charge < -0.3 is 4.90 Å². The highest BCUT2D eigenvalue weighted by Crippen LogP contribution is 2.20. The molecule has 2 nitrogen and oxygen atoms in total. The Labute approximate surface area is 111 Å². The van der Waals surface area contributed by atoms with Gasteiger partial charge in [0.05, 0.1) is 12.0 Å². The summed E-state index contributed by atoms with van der Waals surface area (Å²) >= 11 is 0. The standard InChI is InChI=1S/C16H24N2/c1-3-18(4-2)13-9-8-12-16(14-17)15-10-6-5-7-11-15/h5-7,10-11,16H,3-4,8-9,12-13H2,1-2H3/t16-/m1/s1. The van der Waals surface area contributed by atoms with Crippen LogP contribution in [0.2, 0.25) is 0 Å². The lowest BCUT2D eigenvalue weighted by atomic mass is 9.95. The third-order valence-electron chi connectivity index (χ3n) is 3.47. The van der Waals surface area contributed by atoms with E-state index in [0.717, 1.165) is 38.0 Å². The predicted octanol–water partition coefficient (Wildman–Crippen LogP) is 3.81. The zero-order valence-corrected chi connectivity index (χ0v) is 11.6. The third-order valence-corrected chi connectivity index (χ3v) is 3.47. The van der Waals surface area contributed by atoms with E-state index in [1.165, 1.54) is 6.42 Å². The normalized spacial score (nSPS) is 12.3. The molecule has 0 bridgehead atoms. The van der Waals surface area contributed by atoms with E-state index in [9.17, 15) is 5.26 Å². The molecule has 0 spiro atoms. The van der Waals surface area contributed by atoms with E-state index in [1.807, 2.05) is 18.2 Å². The van der Waals surface area contributed by atoms with Crippen LogP contribution in [0.5, 0.6) is 0 Å². The highest BCUT2D eigenvalue weighted by Gasteiger charge is 2.09. The van der Waals surface area contributed by atoms with Gasteiger partial charge in [-0.15, -0.1) is 0 Å². The first kappa shape index (κ1) is 14.7. The molecule has 2 heteroatoms. The van der Waals surface area contributed by atoms with Crippen LogP contribution in [-0.2, 0) is 0 Å². The average Bonchev–Trinajstić information content (AvgIpc) is 2.44.